The normalized spacial score (nSPS) is 15.0. The number of carbonyl (C=O) groups is 1. The lowest BCUT2D eigenvalue weighted by Gasteiger charge is -2.11. The Morgan fingerprint density at radius 3 is 3.04 bits per heavy atom. The number of nitrogens with one attached hydrogen (secondary N) is 2. The van der Waals surface area contributed by atoms with Crippen LogP contribution >= 0.6 is 23.4 Å². The number of amides is 1. The third-order valence-corrected chi connectivity index (χ3v) is 5.34. The highest BCUT2D eigenvalue weighted by Gasteiger charge is 2.28. The molecule has 6 nitrogen and oxygen atoms in total. The van der Waals surface area contributed by atoms with E-state index in [2.05, 4.69) is 27.4 Å². The number of H-pyrrole nitrogens is 1. The third-order valence-electron chi connectivity index (χ3n) is 4.07. The van der Waals surface area contributed by atoms with Crippen molar-refractivity contribution in [2.45, 2.75) is 44.5 Å². The number of rotatable bonds is 8. The van der Waals surface area contributed by atoms with E-state index in [9.17, 15) is 4.79 Å². The predicted octanol–water partition coefficient (Wildman–Crippen LogP) is 3.35. The first-order chi connectivity index (χ1) is 12.0. The number of hydrogen-bond acceptors (Lipinski definition) is 5. The zero-order valence-corrected chi connectivity index (χ0v) is 15.8. The Hall–Kier alpha value is -1.73. The largest absolute Gasteiger partial charge is 0.486 e. The number of benzene rings is 1. The number of nitrogens with zero attached hydrogens (tertiary/aromatic N) is 2. The van der Waals surface area contributed by atoms with Crippen LogP contribution in [0.15, 0.2) is 23.4 Å². The molecule has 0 spiro atoms. The maximum atomic E-state index is 11.9. The van der Waals surface area contributed by atoms with E-state index in [1.807, 2.05) is 19.1 Å². The number of ether oxygens (including phenoxy) is 1. The lowest BCUT2D eigenvalue weighted by atomic mass is 10.2. The molecule has 1 aliphatic carbocycles. The molecular formula is C17H21ClN4O2S. The summed E-state index contributed by atoms with van der Waals surface area (Å²) in [5, 5.41) is 11.2. The highest BCUT2D eigenvalue weighted by atomic mass is 35.5. The van der Waals surface area contributed by atoms with Gasteiger partial charge in [-0.15, -0.1) is 5.10 Å². The van der Waals surface area contributed by atoms with E-state index in [1.54, 1.807) is 6.07 Å². The standard InChI is InChI=1S/C17H21ClN4O2S/c1-10-7-13(5-6-14(10)18)24-8-15-20-17(22-21-15)25-9-16(23)19-11(2)12-3-4-12/h5-7,11-12H,3-4,8-9H2,1-2H3,(H,19,23)(H,20,21,22)/t11-/m0/s1. The number of aromatic nitrogens is 3. The summed E-state index contributed by atoms with van der Waals surface area (Å²) >= 11 is 7.31. The van der Waals surface area contributed by atoms with E-state index in [0.717, 1.165) is 11.3 Å². The van der Waals surface area contributed by atoms with Crippen molar-refractivity contribution in [3.63, 3.8) is 0 Å². The predicted molar refractivity (Wildman–Crippen MR) is 98.0 cm³/mol. The average molecular weight is 381 g/mol. The molecule has 1 aromatic heterocycles. The summed E-state index contributed by atoms with van der Waals surface area (Å²) in [6, 6.07) is 5.74. The van der Waals surface area contributed by atoms with E-state index in [-0.39, 0.29) is 18.6 Å². The molecule has 1 saturated carbocycles. The zero-order valence-electron chi connectivity index (χ0n) is 14.2. The van der Waals surface area contributed by atoms with Gasteiger partial charge in [-0.1, -0.05) is 23.4 Å². The molecule has 1 heterocycles. The molecule has 2 aromatic rings. The van der Waals surface area contributed by atoms with Gasteiger partial charge in [0.15, 0.2) is 5.82 Å². The average Bonchev–Trinajstić information content (AvgIpc) is 3.34. The Balaban J connectivity index is 1.43. The monoisotopic (exact) mass is 380 g/mol. The molecule has 0 unspecified atom stereocenters. The van der Waals surface area contributed by atoms with E-state index >= 15 is 0 Å². The summed E-state index contributed by atoms with van der Waals surface area (Å²) in [5.41, 5.74) is 0.958. The van der Waals surface area contributed by atoms with Crippen molar-refractivity contribution >= 4 is 29.3 Å². The van der Waals surface area contributed by atoms with Crippen LogP contribution in [0.1, 0.15) is 31.2 Å². The molecule has 1 fully saturated rings. The van der Waals surface area contributed by atoms with Crippen LogP contribution in [0.25, 0.3) is 0 Å². The molecule has 8 heteroatoms. The van der Waals surface area contributed by atoms with E-state index in [0.29, 0.717) is 27.7 Å². The fourth-order valence-electron chi connectivity index (χ4n) is 2.41. The van der Waals surface area contributed by atoms with Crippen LogP contribution in [0.3, 0.4) is 0 Å². The summed E-state index contributed by atoms with van der Waals surface area (Å²) in [6.07, 6.45) is 2.43. The SMILES string of the molecule is Cc1cc(OCc2nc(SCC(=O)N[C@@H](C)C3CC3)n[nH]2)ccc1Cl. The van der Waals surface area contributed by atoms with Gasteiger partial charge >= 0.3 is 0 Å². The fourth-order valence-corrected chi connectivity index (χ4v) is 3.15. The van der Waals surface area contributed by atoms with Gasteiger partial charge in [-0.3, -0.25) is 9.89 Å². The Morgan fingerprint density at radius 1 is 1.52 bits per heavy atom. The highest BCUT2D eigenvalue weighted by molar-refractivity contribution is 7.99. The molecule has 0 saturated heterocycles. The van der Waals surface area contributed by atoms with Crippen LogP contribution in [0, 0.1) is 12.8 Å². The first-order valence-electron chi connectivity index (χ1n) is 8.23. The molecule has 1 aromatic carbocycles. The summed E-state index contributed by atoms with van der Waals surface area (Å²) in [6.45, 7) is 4.26. The van der Waals surface area contributed by atoms with E-state index in [4.69, 9.17) is 16.3 Å². The Kier molecular flexibility index (Phi) is 5.86. The summed E-state index contributed by atoms with van der Waals surface area (Å²) in [4.78, 5) is 16.2. The van der Waals surface area contributed by atoms with Gasteiger partial charge in [-0.05, 0) is 56.4 Å². The Labute approximate surface area is 156 Å². The number of aryl methyl sites for hydroxylation is 1. The minimum Gasteiger partial charge on any atom is -0.486 e. The number of hydrogen-bond donors (Lipinski definition) is 2. The minimum atomic E-state index is 0.0173. The first-order valence-corrected chi connectivity index (χ1v) is 9.60. The maximum Gasteiger partial charge on any atom is 0.230 e. The lowest BCUT2D eigenvalue weighted by molar-refractivity contribution is -0.119. The van der Waals surface area contributed by atoms with Gasteiger partial charge in [0.05, 0.1) is 5.75 Å². The van der Waals surface area contributed by atoms with Crippen molar-refractivity contribution in [1.82, 2.24) is 20.5 Å². The smallest absolute Gasteiger partial charge is 0.230 e. The van der Waals surface area contributed by atoms with Gasteiger partial charge in [-0.25, -0.2) is 4.98 Å². The van der Waals surface area contributed by atoms with Crippen LogP contribution in [0.2, 0.25) is 5.02 Å². The quantitative estimate of drug-likeness (QED) is 0.686. The van der Waals surface area contributed by atoms with Crippen molar-refractivity contribution < 1.29 is 9.53 Å². The minimum absolute atomic E-state index is 0.0173. The topological polar surface area (TPSA) is 79.9 Å². The van der Waals surface area contributed by atoms with E-state index in [1.165, 1.54) is 24.6 Å². The van der Waals surface area contributed by atoms with E-state index < -0.39 is 0 Å². The lowest BCUT2D eigenvalue weighted by Crippen LogP contribution is -2.35. The second-order valence-corrected chi connectivity index (χ2v) is 7.60. The van der Waals surface area contributed by atoms with Crippen LogP contribution < -0.4 is 10.1 Å². The van der Waals surface area contributed by atoms with Gasteiger partial charge < -0.3 is 10.1 Å². The van der Waals surface area contributed by atoms with Crippen molar-refractivity contribution in [2.24, 2.45) is 5.92 Å². The zero-order chi connectivity index (χ0) is 17.8. The number of thioether (sulfide) groups is 1. The molecule has 1 aliphatic rings. The summed E-state index contributed by atoms with van der Waals surface area (Å²) in [5.74, 6) is 2.31. The van der Waals surface area contributed by atoms with Crippen molar-refractivity contribution in [3.05, 3.63) is 34.6 Å². The van der Waals surface area contributed by atoms with Gasteiger partial charge in [0, 0.05) is 11.1 Å². The molecule has 0 bridgehead atoms. The van der Waals surface area contributed by atoms with Crippen LogP contribution in [0.4, 0.5) is 0 Å². The number of carbonyl (C=O) groups excluding carboxylic acids is 1. The van der Waals surface area contributed by atoms with Crippen molar-refractivity contribution in [1.29, 1.82) is 0 Å². The van der Waals surface area contributed by atoms with Crippen molar-refractivity contribution in [3.8, 4) is 5.75 Å². The van der Waals surface area contributed by atoms with Gasteiger partial charge in [0.2, 0.25) is 11.1 Å². The van der Waals surface area contributed by atoms with Gasteiger partial charge in [-0.2, -0.15) is 0 Å². The molecule has 134 valence electrons. The molecule has 25 heavy (non-hydrogen) atoms. The van der Waals surface area contributed by atoms with Crippen molar-refractivity contribution in [2.75, 3.05) is 5.75 Å². The van der Waals surface area contributed by atoms with Crippen LogP contribution in [-0.4, -0.2) is 32.9 Å². The Bertz CT molecular complexity index is 748. The second kappa shape index (κ2) is 8.10. The van der Waals surface area contributed by atoms with Crippen LogP contribution in [0.5, 0.6) is 5.75 Å². The molecule has 2 N–H and O–H groups in total. The molecule has 0 radical (unpaired) electrons. The fraction of sp³-hybridized carbons (Fsp3) is 0.471. The third kappa shape index (κ3) is 5.37. The molecular weight excluding hydrogens is 360 g/mol. The number of halogens is 1. The molecule has 0 aliphatic heterocycles. The van der Waals surface area contributed by atoms with Gasteiger partial charge in [0.25, 0.3) is 0 Å². The molecule has 3 rings (SSSR count). The maximum absolute atomic E-state index is 11.9. The first kappa shape index (κ1) is 18.1. The second-order valence-electron chi connectivity index (χ2n) is 6.25. The molecule has 1 amide bonds. The Morgan fingerprint density at radius 2 is 2.32 bits per heavy atom. The molecule has 1 atom stereocenters. The summed E-state index contributed by atoms with van der Waals surface area (Å²) < 4.78 is 5.67. The van der Waals surface area contributed by atoms with Gasteiger partial charge in [0.1, 0.15) is 12.4 Å². The van der Waals surface area contributed by atoms with Crippen LogP contribution in [-0.2, 0) is 11.4 Å². The highest BCUT2D eigenvalue weighted by Crippen LogP contribution is 2.32. The summed E-state index contributed by atoms with van der Waals surface area (Å²) in [7, 11) is 0. The number of aromatic amines is 1.